The van der Waals surface area contributed by atoms with E-state index in [0.717, 1.165) is 36.1 Å². The van der Waals surface area contributed by atoms with Crippen molar-refractivity contribution < 1.29 is 9.59 Å². The second kappa shape index (κ2) is 9.92. The summed E-state index contributed by atoms with van der Waals surface area (Å²) in [4.78, 5) is 29.1. The molecule has 1 aromatic heterocycles. The molecule has 4 rings (SSSR count). The smallest absolute Gasteiger partial charge is 0.245 e. The minimum Gasteiger partial charge on any atom is -0.344 e. The highest BCUT2D eigenvalue weighted by Crippen LogP contribution is 2.25. The summed E-state index contributed by atoms with van der Waals surface area (Å²) < 4.78 is 0. The van der Waals surface area contributed by atoms with Crippen LogP contribution in [0.4, 0.5) is 0 Å². The summed E-state index contributed by atoms with van der Waals surface area (Å²) >= 11 is 1.76. The molecule has 0 spiro atoms. The van der Waals surface area contributed by atoms with E-state index in [0.29, 0.717) is 13.0 Å². The predicted molar refractivity (Wildman–Crippen MR) is 126 cm³/mol. The van der Waals surface area contributed by atoms with Gasteiger partial charge in [0.1, 0.15) is 6.04 Å². The molecule has 3 aromatic rings. The van der Waals surface area contributed by atoms with Gasteiger partial charge in [0.15, 0.2) is 0 Å². The molecule has 1 N–H and O–H groups in total. The van der Waals surface area contributed by atoms with Gasteiger partial charge < -0.3 is 10.2 Å². The van der Waals surface area contributed by atoms with Crippen molar-refractivity contribution in [3.05, 3.63) is 82.0 Å². The molecule has 2 amide bonds. The topological polar surface area (TPSA) is 49.4 Å². The van der Waals surface area contributed by atoms with Crippen LogP contribution >= 0.6 is 11.3 Å². The van der Waals surface area contributed by atoms with Crippen molar-refractivity contribution in [1.82, 2.24) is 10.2 Å². The van der Waals surface area contributed by atoms with Gasteiger partial charge in [-0.1, -0.05) is 67.9 Å². The van der Waals surface area contributed by atoms with Gasteiger partial charge in [0, 0.05) is 18.0 Å². The highest BCUT2D eigenvalue weighted by Gasteiger charge is 2.28. The van der Waals surface area contributed by atoms with Crippen molar-refractivity contribution in [2.75, 3.05) is 6.54 Å². The van der Waals surface area contributed by atoms with Gasteiger partial charge >= 0.3 is 0 Å². The van der Waals surface area contributed by atoms with Crippen molar-refractivity contribution in [1.29, 1.82) is 0 Å². The number of amides is 2. The summed E-state index contributed by atoms with van der Waals surface area (Å²) in [7, 11) is 0. The number of carbonyl (C=O) groups is 2. The lowest BCUT2D eigenvalue weighted by atomic mass is 10.0. The molecule has 2 heterocycles. The van der Waals surface area contributed by atoms with Gasteiger partial charge in [0.2, 0.25) is 11.8 Å². The summed E-state index contributed by atoms with van der Waals surface area (Å²) in [6.07, 6.45) is 2.68. The van der Waals surface area contributed by atoms with Gasteiger partial charge in [-0.2, -0.15) is 0 Å². The maximum absolute atomic E-state index is 13.1. The fourth-order valence-electron chi connectivity index (χ4n) is 4.08. The molecule has 160 valence electrons. The highest BCUT2D eigenvalue weighted by atomic mass is 32.1. The first-order valence-electron chi connectivity index (χ1n) is 10.9. The van der Waals surface area contributed by atoms with Crippen molar-refractivity contribution in [3.8, 4) is 11.1 Å². The minimum atomic E-state index is -0.457. The molecule has 1 atom stereocenters. The third kappa shape index (κ3) is 5.23. The van der Waals surface area contributed by atoms with E-state index in [1.54, 1.807) is 11.3 Å². The first-order valence-corrected chi connectivity index (χ1v) is 11.8. The van der Waals surface area contributed by atoms with Crippen LogP contribution in [0.3, 0.4) is 0 Å². The van der Waals surface area contributed by atoms with E-state index in [4.69, 9.17) is 0 Å². The highest BCUT2D eigenvalue weighted by molar-refractivity contribution is 7.10. The Kier molecular flexibility index (Phi) is 6.82. The van der Waals surface area contributed by atoms with Crippen LogP contribution in [0.1, 0.15) is 35.8 Å². The quantitative estimate of drug-likeness (QED) is 0.581. The van der Waals surface area contributed by atoms with Gasteiger partial charge in [-0.3, -0.25) is 9.59 Å². The summed E-state index contributed by atoms with van der Waals surface area (Å²) in [5, 5.41) is 5.09. The van der Waals surface area contributed by atoms with Crippen LogP contribution < -0.4 is 5.32 Å². The van der Waals surface area contributed by atoms with E-state index in [-0.39, 0.29) is 18.2 Å². The number of carbonyl (C=O) groups excluding carboxylic acids is 2. The van der Waals surface area contributed by atoms with Crippen LogP contribution in [-0.4, -0.2) is 29.3 Å². The Hall–Kier alpha value is -2.92. The molecule has 2 aromatic carbocycles. The van der Waals surface area contributed by atoms with Crippen molar-refractivity contribution in [2.24, 2.45) is 0 Å². The molecule has 4 nitrogen and oxygen atoms in total. The Bertz CT molecular complexity index is 1030. The zero-order valence-corrected chi connectivity index (χ0v) is 18.7. The van der Waals surface area contributed by atoms with Crippen molar-refractivity contribution >= 4 is 23.2 Å². The predicted octanol–water partition coefficient (Wildman–Crippen LogP) is 4.83. The van der Waals surface area contributed by atoms with Gasteiger partial charge in [-0.25, -0.2) is 0 Å². The van der Waals surface area contributed by atoms with Crippen LogP contribution in [0.25, 0.3) is 11.1 Å². The molecule has 0 saturated heterocycles. The maximum Gasteiger partial charge on any atom is 0.245 e. The fraction of sp³-hybridized carbons (Fsp3) is 0.308. The molecule has 31 heavy (non-hydrogen) atoms. The Morgan fingerprint density at radius 3 is 2.52 bits per heavy atom. The standard InChI is InChI=1S/C26H28N2O2S/c1-2-6-23(26(30)28-15-13-24-22(18-28)14-16-31-24)27-25(29)17-19-9-11-21(12-10-19)20-7-4-3-5-8-20/h3-5,7-12,14,16,23H,2,6,13,15,17-18H2,1H3,(H,27,29). The maximum atomic E-state index is 13.1. The lowest BCUT2D eigenvalue weighted by molar-refractivity contribution is -0.137. The van der Waals surface area contributed by atoms with Crippen LogP contribution in [0.2, 0.25) is 0 Å². The summed E-state index contributed by atoms with van der Waals surface area (Å²) in [5.74, 6) is -0.0704. The largest absolute Gasteiger partial charge is 0.344 e. The van der Waals surface area contributed by atoms with E-state index in [9.17, 15) is 9.59 Å². The molecule has 5 heteroatoms. The van der Waals surface area contributed by atoms with E-state index >= 15 is 0 Å². The van der Waals surface area contributed by atoms with Crippen molar-refractivity contribution in [2.45, 2.75) is 45.2 Å². The van der Waals surface area contributed by atoms with Crippen LogP contribution in [-0.2, 0) is 29.0 Å². The number of thiophene rings is 1. The molecule has 0 saturated carbocycles. The molecule has 0 aliphatic carbocycles. The van der Waals surface area contributed by atoms with E-state index < -0.39 is 6.04 Å². The number of rotatable bonds is 7. The third-order valence-electron chi connectivity index (χ3n) is 5.76. The number of nitrogens with zero attached hydrogens (tertiary/aromatic N) is 1. The molecular weight excluding hydrogens is 404 g/mol. The zero-order chi connectivity index (χ0) is 21.6. The Labute approximate surface area is 187 Å². The number of nitrogens with one attached hydrogen (secondary N) is 1. The first kappa shape index (κ1) is 21.3. The summed E-state index contributed by atoms with van der Waals surface area (Å²) in [5.41, 5.74) is 4.47. The Balaban J connectivity index is 1.37. The first-order chi connectivity index (χ1) is 15.1. The van der Waals surface area contributed by atoms with Crippen molar-refractivity contribution in [3.63, 3.8) is 0 Å². The minimum absolute atomic E-state index is 0.0338. The molecule has 1 aliphatic rings. The van der Waals surface area contributed by atoms with Crippen LogP contribution in [0.5, 0.6) is 0 Å². The van der Waals surface area contributed by atoms with Gasteiger partial charge in [-0.05, 0) is 46.5 Å². The van der Waals surface area contributed by atoms with Gasteiger partial charge in [0.05, 0.1) is 6.42 Å². The summed E-state index contributed by atoms with van der Waals surface area (Å²) in [6, 6.07) is 19.9. The lowest BCUT2D eigenvalue weighted by Gasteiger charge is -2.31. The Morgan fingerprint density at radius 2 is 1.77 bits per heavy atom. The third-order valence-corrected chi connectivity index (χ3v) is 6.78. The van der Waals surface area contributed by atoms with E-state index in [1.165, 1.54) is 10.4 Å². The number of hydrogen-bond donors (Lipinski definition) is 1. The lowest BCUT2D eigenvalue weighted by Crippen LogP contribution is -2.50. The summed E-state index contributed by atoms with van der Waals surface area (Å²) in [6.45, 7) is 3.42. The molecule has 0 bridgehead atoms. The van der Waals surface area contributed by atoms with Gasteiger partial charge in [0.25, 0.3) is 0 Å². The van der Waals surface area contributed by atoms with Gasteiger partial charge in [-0.15, -0.1) is 11.3 Å². The second-order valence-electron chi connectivity index (χ2n) is 8.03. The second-order valence-corrected chi connectivity index (χ2v) is 9.03. The van der Waals surface area contributed by atoms with E-state index in [1.807, 2.05) is 54.3 Å². The number of hydrogen-bond acceptors (Lipinski definition) is 3. The van der Waals surface area contributed by atoms with E-state index in [2.05, 4.69) is 28.9 Å². The number of fused-ring (bicyclic) bond motifs is 1. The molecule has 1 aliphatic heterocycles. The average Bonchev–Trinajstić information content (AvgIpc) is 3.27. The zero-order valence-electron chi connectivity index (χ0n) is 17.8. The number of benzene rings is 2. The molecule has 1 unspecified atom stereocenters. The average molecular weight is 433 g/mol. The molecular formula is C26H28N2O2S. The monoisotopic (exact) mass is 432 g/mol. The molecule has 0 radical (unpaired) electrons. The SMILES string of the molecule is CCCC(NC(=O)Cc1ccc(-c2ccccc2)cc1)C(=O)N1CCc2sccc2C1. The van der Waals surface area contributed by atoms with Crippen LogP contribution in [0, 0.1) is 0 Å². The van der Waals surface area contributed by atoms with Crippen LogP contribution in [0.15, 0.2) is 66.0 Å². The fourth-order valence-corrected chi connectivity index (χ4v) is 4.97. The Morgan fingerprint density at radius 1 is 1.03 bits per heavy atom. The normalized spacial score (nSPS) is 14.0. The molecule has 0 fully saturated rings.